The van der Waals surface area contributed by atoms with E-state index in [4.69, 9.17) is 0 Å². The van der Waals surface area contributed by atoms with Crippen molar-refractivity contribution in [2.45, 2.75) is 10.8 Å². The van der Waals surface area contributed by atoms with Crippen LogP contribution in [0.4, 0.5) is 0 Å². The lowest BCUT2D eigenvalue weighted by Crippen LogP contribution is -2.51. The van der Waals surface area contributed by atoms with Crippen LogP contribution in [0.2, 0.25) is 0 Å². The van der Waals surface area contributed by atoms with Gasteiger partial charge in [-0.3, -0.25) is 4.79 Å². The van der Waals surface area contributed by atoms with E-state index in [0.717, 1.165) is 10.6 Å². The second kappa shape index (κ2) is 8.66. The normalized spacial score (nSPS) is 15.8. The van der Waals surface area contributed by atoms with Gasteiger partial charge in [0.15, 0.2) is 0 Å². The zero-order chi connectivity index (χ0) is 18.4. The summed E-state index contributed by atoms with van der Waals surface area (Å²) < 4.78 is 26.6. The van der Waals surface area contributed by atoms with Gasteiger partial charge in [0.2, 0.25) is 15.9 Å². The summed E-state index contributed by atoms with van der Waals surface area (Å²) in [5.74, 6) is 0.325. The predicted octanol–water partition coefficient (Wildman–Crippen LogP) is 1.85. The van der Waals surface area contributed by atoms with Crippen molar-refractivity contribution in [3.63, 3.8) is 0 Å². The molecule has 8 heteroatoms. The van der Waals surface area contributed by atoms with Crippen LogP contribution in [0.1, 0.15) is 5.56 Å². The number of aromatic nitrogens is 1. The molecule has 2 heterocycles. The van der Waals surface area contributed by atoms with Crippen molar-refractivity contribution in [2.24, 2.45) is 0 Å². The monoisotopic (exact) mass is 391 g/mol. The number of thioether (sulfide) groups is 1. The van der Waals surface area contributed by atoms with Gasteiger partial charge in [-0.2, -0.15) is 4.31 Å². The first-order chi connectivity index (χ1) is 12.5. The number of hydrogen-bond donors (Lipinski definition) is 0. The molecule has 1 amide bonds. The number of benzene rings is 1. The number of piperazine rings is 1. The van der Waals surface area contributed by atoms with Gasteiger partial charge in [-0.05, 0) is 17.7 Å². The highest BCUT2D eigenvalue weighted by atomic mass is 32.2. The van der Waals surface area contributed by atoms with E-state index in [1.807, 2.05) is 48.5 Å². The Morgan fingerprint density at radius 3 is 2.35 bits per heavy atom. The first kappa shape index (κ1) is 18.9. The molecule has 2 aromatic rings. The predicted molar refractivity (Wildman–Crippen MR) is 102 cm³/mol. The largest absolute Gasteiger partial charge is 0.339 e. The topological polar surface area (TPSA) is 70.6 Å². The number of nitrogens with zero attached hydrogens (tertiary/aromatic N) is 3. The van der Waals surface area contributed by atoms with E-state index < -0.39 is 10.0 Å². The van der Waals surface area contributed by atoms with E-state index in [2.05, 4.69) is 4.98 Å². The third kappa shape index (κ3) is 5.06. The van der Waals surface area contributed by atoms with E-state index in [0.29, 0.717) is 31.9 Å². The molecule has 0 unspecified atom stereocenters. The number of amides is 1. The van der Waals surface area contributed by atoms with E-state index in [1.54, 1.807) is 11.1 Å². The number of carbonyl (C=O) groups excluding carboxylic acids is 1. The highest BCUT2D eigenvalue weighted by Gasteiger charge is 2.28. The molecule has 0 N–H and O–H groups in total. The van der Waals surface area contributed by atoms with Crippen molar-refractivity contribution in [1.29, 1.82) is 0 Å². The fourth-order valence-corrected chi connectivity index (χ4v) is 5.03. The van der Waals surface area contributed by atoms with Crippen molar-refractivity contribution in [3.8, 4) is 0 Å². The van der Waals surface area contributed by atoms with Crippen LogP contribution in [-0.4, -0.2) is 60.4 Å². The molecule has 0 bridgehead atoms. The Morgan fingerprint density at radius 2 is 1.69 bits per heavy atom. The van der Waals surface area contributed by atoms with Gasteiger partial charge in [0.1, 0.15) is 0 Å². The van der Waals surface area contributed by atoms with E-state index in [9.17, 15) is 13.2 Å². The van der Waals surface area contributed by atoms with Crippen LogP contribution in [0.5, 0.6) is 0 Å². The maximum Gasteiger partial charge on any atom is 0.233 e. The zero-order valence-corrected chi connectivity index (χ0v) is 16.0. The minimum atomic E-state index is -3.36. The molecule has 1 aliphatic rings. The van der Waals surface area contributed by atoms with Gasteiger partial charge in [0.05, 0.1) is 16.5 Å². The molecule has 0 spiro atoms. The van der Waals surface area contributed by atoms with Crippen LogP contribution in [-0.2, 0) is 20.6 Å². The standard InChI is InChI=1S/C18H21N3O3S2/c22-18(14-25-17-8-4-5-9-19-17)20-10-12-21(13-11-20)26(23,24)15-16-6-2-1-3-7-16/h1-9H,10-15H2. The quantitative estimate of drug-likeness (QED) is 0.703. The third-order valence-corrected chi connectivity index (χ3v) is 6.94. The second-order valence-corrected chi connectivity index (χ2v) is 8.94. The molecule has 6 nitrogen and oxygen atoms in total. The SMILES string of the molecule is O=C(CSc1ccccn1)N1CCN(S(=O)(=O)Cc2ccccc2)CC1. The van der Waals surface area contributed by atoms with Gasteiger partial charge >= 0.3 is 0 Å². The fourth-order valence-electron chi connectivity index (χ4n) is 2.75. The molecule has 1 saturated heterocycles. The Kier molecular flexibility index (Phi) is 6.29. The first-order valence-electron chi connectivity index (χ1n) is 8.38. The fraction of sp³-hybridized carbons (Fsp3) is 0.333. The number of carbonyl (C=O) groups is 1. The summed E-state index contributed by atoms with van der Waals surface area (Å²) in [6.45, 7) is 1.54. The molecule has 1 aromatic carbocycles. The Bertz CT molecular complexity index is 821. The summed E-state index contributed by atoms with van der Waals surface area (Å²) in [6, 6.07) is 14.7. The van der Waals surface area contributed by atoms with E-state index in [-0.39, 0.29) is 11.7 Å². The average Bonchev–Trinajstić information content (AvgIpc) is 2.67. The average molecular weight is 392 g/mol. The highest BCUT2D eigenvalue weighted by molar-refractivity contribution is 7.99. The molecule has 1 aromatic heterocycles. The summed E-state index contributed by atoms with van der Waals surface area (Å²) in [4.78, 5) is 18.2. The smallest absolute Gasteiger partial charge is 0.233 e. The molecule has 138 valence electrons. The van der Waals surface area contributed by atoms with Crippen LogP contribution in [0.15, 0.2) is 59.8 Å². The maximum atomic E-state index is 12.6. The molecule has 0 saturated carbocycles. The number of pyridine rings is 1. The molecule has 0 atom stereocenters. The second-order valence-electron chi connectivity index (χ2n) is 5.98. The minimum Gasteiger partial charge on any atom is -0.339 e. The Labute approximate surface area is 158 Å². The first-order valence-corrected chi connectivity index (χ1v) is 11.0. The van der Waals surface area contributed by atoms with E-state index >= 15 is 0 Å². The van der Waals surface area contributed by atoms with Crippen molar-refractivity contribution < 1.29 is 13.2 Å². The van der Waals surface area contributed by atoms with Crippen molar-refractivity contribution in [2.75, 3.05) is 31.9 Å². The van der Waals surface area contributed by atoms with Crippen LogP contribution in [0.25, 0.3) is 0 Å². The van der Waals surface area contributed by atoms with Crippen molar-refractivity contribution in [3.05, 3.63) is 60.3 Å². The lowest BCUT2D eigenvalue weighted by Gasteiger charge is -2.34. The van der Waals surface area contributed by atoms with Gasteiger partial charge in [-0.15, -0.1) is 0 Å². The van der Waals surface area contributed by atoms with Crippen LogP contribution < -0.4 is 0 Å². The number of sulfonamides is 1. The van der Waals surface area contributed by atoms with Gasteiger partial charge in [-0.1, -0.05) is 48.2 Å². The zero-order valence-electron chi connectivity index (χ0n) is 14.3. The van der Waals surface area contributed by atoms with E-state index in [1.165, 1.54) is 16.1 Å². The van der Waals surface area contributed by atoms with Crippen LogP contribution in [0.3, 0.4) is 0 Å². The lowest BCUT2D eigenvalue weighted by molar-refractivity contribution is -0.129. The van der Waals surface area contributed by atoms with Gasteiger partial charge in [0.25, 0.3) is 0 Å². The highest BCUT2D eigenvalue weighted by Crippen LogP contribution is 2.17. The van der Waals surface area contributed by atoms with Gasteiger partial charge < -0.3 is 4.90 Å². The van der Waals surface area contributed by atoms with Crippen molar-refractivity contribution >= 4 is 27.7 Å². The maximum absolute atomic E-state index is 12.6. The molecule has 0 aliphatic carbocycles. The van der Waals surface area contributed by atoms with Gasteiger partial charge in [0, 0.05) is 32.4 Å². The third-order valence-electron chi connectivity index (χ3n) is 4.16. The summed E-state index contributed by atoms with van der Waals surface area (Å²) >= 11 is 1.40. The number of rotatable bonds is 6. The molecule has 26 heavy (non-hydrogen) atoms. The summed E-state index contributed by atoms with van der Waals surface area (Å²) in [6.07, 6.45) is 1.70. The van der Waals surface area contributed by atoms with Crippen LogP contribution >= 0.6 is 11.8 Å². The molecule has 3 rings (SSSR count). The minimum absolute atomic E-state index is 0.00266. The summed E-state index contributed by atoms with van der Waals surface area (Å²) in [5, 5.41) is 0.810. The lowest BCUT2D eigenvalue weighted by atomic mass is 10.2. The molecule has 1 fully saturated rings. The molecular formula is C18H21N3O3S2. The number of hydrogen-bond acceptors (Lipinski definition) is 5. The van der Waals surface area contributed by atoms with Crippen molar-refractivity contribution in [1.82, 2.24) is 14.2 Å². The molecule has 0 radical (unpaired) electrons. The Balaban J connectivity index is 1.49. The Morgan fingerprint density at radius 1 is 1.00 bits per heavy atom. The van der Waals surface area contributed by atoms with Gasteiger partial charge in [-0.25, -0.2) is 13.4 Å². The molecule has 1 aliphatic heterocycles. The Hall–Kier alpha value is -1.90. The van der Waals surface area contributed by atoms with Crippen LogP contribution in [0, 0.1) is 0 Å². The summed E-state index contributed by atoms with van der Waals surface area (Å²) in [5.41, 5.74) is 0.776. The summed E-state index contributed by atoms with van der Waals surface area (Å²) in [7, 11) is -3.36. The molecular weight excluding hydrogens is 370 g/mol.